The molecule has 1 atom stereocenters. The summed E-state index contributed by atoms with van der Waals surface area (Å²) in [6.07, 6.45) is -0.282. The molecular formula is C18H24N2O5. The van der Waals surface area contributed by atoms with Crippen molar-refractivity contribution in [2.75, 3.05) is 13.7 Å². The Bertz CT molecular complexity index is 711. The van der Waals surface area contributed by atoms with Crippen LogP contribution >= 0.6 is 0 Å². The zero-order chi connectivity index (χ0) is 18.7. The molecule has 1 aromatic rings. The Hall–Kier alpha value is -2.70. The van der Waals surface area contributed by atoms with Crippen molar-refractivity contribution in [2.24, 2.45) is 0 Å². The average molecular weight is 348 g/mol. The second-order valence-electron chi connectivity index (χ2n) is 6.05. The topological polar surface area (TPSA) is 88.1 Å². The van der Waals surface area contributed by atoms with E-state index in [2.05, 4.69) is 5.32 Å². The van der Waals surface area contributed by atoms with Gasteiger partial charge in [-0.3, -0.25) is 0 Å². The van der Waals surface area contributed by atoms with E-state index in [9.17, 15) is 14.7 Å². The highest BCUT2D eigenvalue weighted by atomic mass is 16.5. The first kappa shape index (κ1) is 18.6. The number of benzene rings is 1. The molecule has 1 aliphatic rings. The van der Waals surface area contributed by atoms with Gasteiger partial charge in [-0.2, -0.15) is 0 Å². The molecule has 2 rings (SSSR count). The van der Waals surface area contributed by atoms with E-state index >= 15 is 0 Å². The number of ether oxygens (including phenoxy) is 2. The fourth-order valence-corrected chi connectivity index (χ4v) is 2.61. The number of aromatic hydroxyl groups is 1. The Morgan fingerprint density at radius 3 is 2.68 bits per heavy atom. The molecule has 0 aliphatic carbocycles. The summed E-state index contributed by atoms with van der Waals surface area (Å²) in [5, 5.41) is 12.7. The minimum absolute atomic E-state index is 0.00291. The van der Waals surface area contributed by atoms with Crippen LogP contribution in [0.4, 0.5) is 4.79 Å². The van der Waals surface area contributed by atoms with Crippen LogP contribution < -0.4 is 10.1 Å². The number of urea groups is 1. The highest BCUT2D eigenvalue weighted by Crippen LogP contribution is 2.35. The number of phenolic OH excluding ortho intramolecular Hbond substituents is 1. The van der Waals surface area contributed by atoms with Gasteiger partial charge in [0.25, 0.3) is 0 Å². The predicted molar refractivity (Wildman–Crippen MR) is 92.2 cm³/mol. The number of allylic oxidation sites excluding steroid dienone is 1. The maximum absolute atomic E-state index is 12.6. The summed E-state index contributed by atoms with van der Waals surface area (Å²) in [5.41, 5.74) is 1.49. The van der Waals surface area contributed by atoms with Crippen molar-refractivity contribution in [1.29, 1.82) is 0 Å². The Morgan fingerprint density at radius 1 is 1.40 bits per heavy atom. The van der Waals surface area contributed by atoms with Gasteiger partial charge in [-0.05, 0) is 45.4 Å². The van der Waals surface area contributed by atoms with Crippen LogP contribution in [-0.2, 0) is 9.53 Å². The van der Waals surface area contributed by atoms with Crippen molar-refractivity contribution < 1.29 is 24.2 Å². The highest BCUT2D eigenvalue weighted by Gasteiger charge is 2.35. The third-order valence-electron chi connectivity index (χ3n) is 3.93. The van der Waals surface area contributed by atoms with Crippen LogP contribution in [0.5, 0.6) is 11.5 Å². The fraction of sp³-hybridized carbons (Fsp3) is 0.444. The average Bonchev–Trinajstić information content (AvgIpc) is 2.53. The van der Waals surface area contributed by atoms with Crippen molar-refractivity contribution in [3.05, 3.63) is 35.0 Å². The second-order valence-corrected chi connectivity index (χ2v) is 6.05. The quantitative estimate of drug-likeness (QED) is 0.799. The third kappa shape index (κ3) is 3.87. The molecule has 1 unspecified atom stereocenters. The van der Waals surface area contributed by atoms with E-state index in [-0.39, 0.29) is 17.9 Å². The molecule has 7 nitrogen and oxygen atoms in total. The van der Waals surface area contributed by atoms with Crippen molar-refractivity contribution in [3.63, 3.8) is 0 Å². The summed E-state index contributed by atoms with van der Waals surface area (Å²) >= 11 is 0. The second kappa shape index (κ2) is 7.46. The lowest BCUT2D eigenvalue weighted by molar-refractivity contribution is -0.143. The van der Waals surface area contributed by atoms with Gasteiger partial charge in [0, 0.05) is 12.7 Å². The van der Waals surface area contributed by atoms with Crippen LogP contribution in [-0.4, -0.2) is 41.8 Å². The van der Waals surface area contributed by atoms with Crippen molar-refractivity contribution in [2.45, 2.75) is 39.8 Å². The normalized spacial score (nSPS) is 17.6. The summed E-state index contributed by atoms with van der Waals surface area (Å²) in [4.78, 5) is 26.2. The van der Waals surface area contributed by atoms with E-state index in [1.807, 2.05) is 0 Å². The molecule has 1 aliphatic heterocycles. The number of amides is 2. The Morgan fingerprint density at radius 2 is 2.08 bits per heavy atom. The minimum atomic E-state index is -0.685. The van der Waals surface area contributed by atoms with E-state index in [0.29, 0.717) is 29.2 Å². The third-order valence-corrected chi connectivity index (χ3v) is 3.93. The van der Waals surface area contributed by atoms with E-state index in [4.69, 9.17) is 9.47 Å². The number of phenols is 1. The lowest BCUT2D eigenvalue weighted by Crippen LogP contribution is -2.46. The zero-order valence-corrected chi connectivity index (χ0v) is 15.1. The Balaban J connectivity index is 2.51. The lowest BCUT2D eigenvalue weighted by atomic mass is 9.94. The summed E-state index contributed by atoms with van der Waals surface area (Å²) in [5.74, 6) is -0.199. The molecular weight excluding hydrogens is 324 g/mol. The van der Waals surface area contributed by atoms with Crippen molar-refractivity contribution in [3.8, 4) is 11.5 Å². The van der Waals surface area contributed by atoms with E-state index in [0.717, 1.165) is 0 Å². The molecule has 1 heterocycles. The number of hydrogen-bond donors (Lipinski definition) is 2. The SMILES string of the molecule is CCOc1cc(C2NC(=O)N(C)C(C)=C2C(=O)OC(C)C)ccc1O. The number of hydrogen-bond acceptors (Lipinski definition) is 5. The van der Waals surface area contributed by atoms with Gasteiger partial charge in [0.1, 0.15) is 0 Å². The molecule has 25 heavy (non-hydrogen) atoms. The van der Waals surface area contributed by atoms with Gasteiger partial charge >= 0.3 is 12.0 Å². The van der Waals surface area contributed by atoms with E-state index in [1.165, 1.54) is 11.0 Å². The summed E-state index contributed by atoms with van der Waals surface area (Å²) in [6.45, 7) is 7.42. The summed E-state index contributed by atoms with van der Waals surface area (Å²) in [7, 11) is 1.59. The fourth-order valence-electron chi connectivity index (χ4n) is 2.61. The molecule has 0 saturated carbocycles. The first-order chi connectivity index (χ1) is 11.8. The highest BCUT2D eigenvalue weighted by molar-refractivity contribution is 5.95. The molecule has 0 spiro atoms. The van der Waals surface area contributed by atoms with Crippen LogP contribution in [0.1, 0.15) is 39.3 Å². The number of carbonyl (C=O) groups excluding carboxylic acids is 2. The summed E-state index contributed by atoms with van der Waals surface area (Å²) < 4.78 is 10.7. The maximum atomic E-state index is 12.6. The number of nitrogens with one attached hydrogen (secondary N) is 1. The van der Waals surface area contributed by atoms with E-state index in [1.54, 1.807) is 46.9 Å². The molecule has 136 valence electrons. The number of esters is 1. The molecule has 7 heteroatoms. The van der Waals surface area contributed by atoms with Gasteiger partial charge in [-0.25, -0.2) is 9.59 Å². The van der Waals surface area contributed by atoms with Crippen LogP contribution in [0.15, 0.2) is 29.5 Å². The minimum Gasteiger partial charge on any atom is -0.504 e. The van der Waals surface area contributed by atoms with Crippen molar-refractivity contribution in [1.82, 2.24) is 10.2 Å². The number of nitrogens with zero attached hydrogens (tertiary/aromatic N) is 1. The van der Waals surface area contributed by atoms with Crippen LogP contribution in [0.3, 0.4) is 0 Å². The maximum Gasteiger partial charge on any atom is 0.338 e. The lowest BCUT2D eigenvalue weighted by Gasteiger charge is -2.33. The summed E-state index contributed by atoms with van der Waals surface area (Å²) in [6, 6.07) is 3.73. The zero-order valence-electron chi connectivity index (χ0n) is 15.1. The van der Waals surface area contributed by atoms with Gasteiger partial charge in [-0.15, -0.1) is 0 Å². The molecule has 2 amide bonds. The molecule has 0 bridgehead atoms. The van der Waals surface area contributed by atoms with Crippen LogP contribution in [0, 0.1) is 0 Å². The Labute approximate surface area is 147 Å². The molecule has 0 saturated heterocycles. The van der Waals surface area contributed by atoms with Gasteiger partial charge < -0.3 is 24.8 Å². The monoisotopic (exact) mass is 348 g/mol. The van der Waals surface area contributed by atoms with Gasteiger partial charge in [-0.1, -0.05) is 6.07 Å². The van der Waals surface area contributed by atoms with Gasteiger partial charge in [0.15, 0.2) is 11.5 Å². The Kier molecular flexibility index (Phi) is 5.56. The molecule has 0 aromatic heterocycles. The van der Waals surface area contributed by atoms with Gasteiger partial charge in [0.05, 0.1) is 24.3 Å². The van der Waals surface area contributed by atoms with Crippen molar-refractivity contribution >= 4 is 12.0 Å². The van der Waals surface area contributed by atoms with Crippen LogP contribution in [0.25, 0.3) is 0 Å². The predicted octanol–water partition coefficient (Wildman–Crippen LogP) is 2.71. The molecule has 2 N–H and O–H groups in total. The molecule has 1 aromatic carbocycles. The molecule has 0 fully saturated rings. The molecule has 0 radical (unpaired) electrons. The first-order valence-electron chi connectivity index (χ1n) is 8.17. The smallest absolute Gasteiger partial charge is 0.338 e. The van der Waals surface area contributed by atoms with Gasteiger partial charge in [0.2, 0.25) is 0 Å². The van der Waals surface area contributed by atoms with E-state index < -0.39 is 12.0 Å². The standard InChI is InChI=1S/C18H24N2O5/c1-6-24-14-9-12(7-8-13(14)21)16-15(17(22)25-10(2)3)11(4)20(5)18(23)19-16/h7-10,16,21H,6H2,1-5H3,(H,19,23). The van der Waals surface area contributed by atoms with Crippen LogP contribution in [0.2, 0.25) is 0 Å². The number of rotatable bonds is 5. The first-order valence-corrected chi connectivity index (χ1v) is 8.17. The number of carbonyl (C=O) groups is 2. The largest absolute Gasteiger partial charge is 0.504 e.